The van der Waals surface area contributed by atoms with E-state index >= 15 is 0 Å². The van der Waals surface area contributed by atoms with E-state index in [1.165, 1.54) is 6.92 Å². The molecule has 3 aromatic heterocycles. The Labute approximate surface area is 163 Å². The summed E-state index contributed by atoms with van der Waals surface area (Å²) >= 11 is 0. The van der Waals surface area contributed by atoms with Crippen molar-refractivity contribution < 1.29 is 18.0 Å². The van der Waals surface area contributed by atoms with Crippen LogP contribution in [-0.4, -0.2) is 44.1 Å². The van der Waals surface area contributed by atoms with Crippen molar-refractivity contribution >= 4 is 22.8 Å². The highest BCUT2D eigenvalue weighted by Gasteiger charge is 2.35. The predicted molar refractivity (Wildman–Crippen MR) is 101 cm³/mol. The van der Waals surface area contributed by atoms with Gasteiger partial charge in [-0.2, -0.15) is 13.2 Å². The number of aromatic amines is 2. The van der Waals surface area contributed by atoms with Crippen molar-refractivity contribution in [3.05, 3.63) is 40.9 Å². The smallest absolute Gasteiger partial charge is 0.356 e. The average Bonchev–Trinajstić information content (AvgIpc) is 3.09. The molecule has 3 rings (SSSR count). The monoisotopic (exact) mass is 408 g/mol. The molecule has 0 aromatic carbocycles. The number of hydrogen-bond acceptors (Lipinski definition) is 5. The molecule has 3 heterocycles. The minimum absolute atomic E-state index is 0.0634. The third kappa shape index (κ3) is 4.55. The number of amides is 1. The molecule has 0 aliphatic heterocycles. The third-order valence-corrected chi connectivity index (χ3v) is 4.51. The van der Waals surface area contributed by atoms with Gasteiger partial charge in [0.2, 0.25) is 5.91 Å². The van der Waals surface area contributed by atoms with Crippen LogP contribution in [0.1, 0.15) is 20.3 Å². The van der Waals surface area contributed by atoms with Crippen molar-refractivity contribution in [3.63, 3.8) is 0 Å². The van der Waals surface area contributed by atoms with Crippen LogP contribution >= 0.6 is 0 Å². The molecule has 0 bridgehead atoms. The number of rotatable bonds is 6. The normalized spacial score (nSPS) is 13.8. The number of hydrogen-bond donors (Lipinski definition) is 4. The van der Waals surface area contributed by atoms with Crippen LogP contribution in [0.5, 0.6) is 0 Å². The van der Waals surface area contributed by atoms with Crippen molar-refractivity contribution in [2.75, 3.05) is 11.9 Å². The lowest BCUT2D eigenvalue weighted by atomic mass is 9.97. The molecule has 0 saturated carbocycles. The van der Waals surface area contributed by atoms with Crippen molar-refractivity contribution in [1.82, 2.24) is 25.3 Å². The van der Waals surface area contributed by atoms with Gasteiger partial charge >= 0.3 is 6.18 Å². The second kappa shape index (κ2) is 7.57. The van der Waals surface area contributed by atoms with Gasteiger partial charge in [0, 0.05) is 29.4 Å². The summed E-state index contributed by atoms with van der Waals surface area (Å²) in [5.74, 6) is -0.556. The van der Waals surface area contributed by atoms with Gasteiger partial charge in [-0.1, -0.05) is 6.92 Å². The van der Waals surface area contributed by atoms with Gasteiger partial charge < -0.3 is 20.6 Å². The molecule has 0 spiro atoms. The number of pyridine rings is 1. The van der Waals surface area contributed by atoms with E-state index in [0.29, 0.717) is 11.2 Å². The Kier molecular flexibility index (Phi) is 5.31. The summed E-state index contributed by atoms with van der Waals surface area (Å²) in [5.41, 5.74) is -0.683. The highest BCUT2D eigenvalue weighted by molar-refractivity contribution is 5.92. The van der Waals surface area contributed by atoms with Gasteiger partial charge in [-0.05, 0) is 25.5 Å². The second-order valence-electron chi connectivity index (χ2n) is 6.69. The molecule has 0 fully saturated rings. The van der Waals surface area contributed by atoms with Gasteiger partial charge in [0.1, 0.15) is 29.4 Å². The Morgan fingerprint density at radius 2 is 2.07 bits per heavy atom. The Balaban J connectivity index is 1.91. The largest absolute Gasteiger partial charge is 0.405 e. The third-order valence-electron chi connectivity index (χ3n) is 4.51. The van der Waals surface area contributed by atoms with Gasteiger partial charge in [0.15, 0.2) is 0 Å². The van der Waals surface area contributed by atoms with Crippen molar-refractivity contribution in [3.8, 4) is 11.4 Å². The van der Waals surface area contributed by atoms with E-state index in [1.807, 2.05) is 5.32 Å². The van der Waals surface area contributed by atoms with E-state index in [4.69, 9.17) is 0 Å². The Morgan fingerprint density at radius 1 is 1.31 bits per heavy atom. The van der Waals surface area contributed by atoms with Crippen molar-refractivity contribution in [1.29, 1.82) is 0 Å². The summed E-state index contributed by atoms with van der Waals surface area (Å²) in [4.78, 5) is 38.5. The van der Waals surface area contributed by atoms with Crippen LogP contribution in [0.15, 0.2) is 35.4 Å². The molecule has 0 radical (unpaired) electrons. The maximum absolute atomic E-state index is 12.4. The van der Waals surface area contributed by atoms with Crippen LogP contribution in [0.3, 0.4) is 0 Å². The molecule has 3 aromatic rings. The van der Waals surface area contributed by atoms with Gasteiger partial charge in [0.05, 0.1) is 0 Å². The fourth-order valence-electron chi connectivity index (χ4n) is 2.77. The Bertz CT molecular complexity index is 1090. The maximum atomic E-state index is 12.4. The Hall–Kier alpha value is -3.37. The first-order valence-electron chi connectivity index (χ1n) is 8.78. The zero-order chi connectivity index (χ0) is 21.2. The van der Waals surface area contributed by atoms with Crippen molar-refractivity contribution in [2.24, 2.45) is 0 Å². The summed E-state index contributed by atoms with van der Waals surface area (Å²) in [6.07, 6.45) is -1.11. The van der Waals surface area contributed by atoms with Crippen LogP contribution in [0, 0.1) is 0 Å². The number of fused-ring (bicyclic) bond motifs is 1. The van der Waals surface area contributed by atoms with Crippen LogP contribution in [0.25, 0.3) is 22.4 Å². The molecular weight excluding hydrogens is 389 g/mol. The van der Waals surface area contributed by atoms with E-state index in [1.54, 1.807) is 31.5 Å². The Morgan fingerprint density at radius 3 is 2.76 bits per heavy atom. The zero-order valence-corrected chi connectivity index (χ0v) is 15.6. The number of anilines is 1. The summed E-state index contributed by atoms with van der Waals surface area (Å²) < 4.78 is 37.3. The van der Waals surface area contributed by atoms with Crippen LogP contribution in [0.2, 0.25) is 0 Å². The predicted octanol–water partition coefficient (Wildman–Crippen LogP) is 2.57. The number of carbonyl (C=O) groups is 1. The van der Waals surface area contributed by atoms with Gasteiger partial charge in [-0.15, -0.1) is 0 Å². The molecule has 1 amide bonds. The molecule has 0 aliphatic carbocycles. The van der Waals surface area contributed by atoms with E-state index in [9.17, 15) is 22.8 Å². The van der Waals surface area contributed by atoms with Crippen LogP contribution in [0.4, 0.5) is 19.0 Å². The molecule has 154 valence electrons. The molecule has 1 unspecified atom stereocenters. The first-order valence-corrected chi connectivity index (χ1v) is 8.78. The zero-order valence-electron chi connectivity index (χ0n) is 15.6. The van der Waals surface area contributed by atoms with E-state index in [-0.39, 0.29) is 18.1 Å². The lowest BCUT2D eigenvalue weighted by Crippen LogP contribution is -2.52. The molecule has 29 heavy (non-hydrogen) atoms. The van der Waals surface area contributed by atoms with E-state index < -0.39 is 29.7 Å². The number of H-pyrrole nitrogens is 2. The molecule has 0 saturated heterocycles. The highest BCUT2D eigenvalue weighted by atomic mass is 19.4. The minimum Gasteiger partial charge on any atom is -0.356 e. The molecule has 4 N–H and O–H groups in total. The molecular formula is C18H19F3N6O2. The number of nitrogens with zero attached hydrogens (tertiary/aromatic N) is 2. The lowest BCUT2D eigenvalue weighted by molar-refractivity contribution is -0.140. The standard InChI is InChI=1S/C18H19F3N6O2/c1-3-17(2,16(29)24-9-18(19,20)21)27-12-7-13(28)26-15(25-12)11-8-23-14-10(11)5-4-6-22-14/h4-8H,3,9H2,1-2H3,(H,22,23)(H,24,29)(H2,25,26,27,28). The van der Waals surface area contributed by atoms with Crippen LogP contribution in [-0.2, 0) is 4.79 Å². The average molecular weight is 408 g/mol. The molecule has 11 heteroatoms. The lowest BCUT2D eigenvalue weighted by Gasteiger charge is -2.29. The van der Waals surface area contributed by atoms with E-state index in [2.05, 4.69) is 25.3 Å². The first-order chi connectivity index (χ1) is 13.6. The summed E-state index contributed by atoms with van der Waals surface area (Å²) in [6, 6.07) is 4.68. The highest BCUT2D eigenvalue weighted by Crippen LogP contribution is 2.25. The SMILES string of the molecule is CCC(C)(Nc1cc(=O)[nH]c(-c2c[nH]c3ncccc23)n1)C(=O)NCC(F)(F)F. The fourth-order valence-corrected chi connectivity index (χ4v) is 2.77. The quantitative estimate of drug-likeness (QED) is 0.500. The molecule has 8 nitrogen and oxygen atoms in total. The van der Waals surface area contributed by atoms with E-state index in [0.717, 1.165) is 11.5 Å². The summed E-state index contributed by atoms with van der Waals surface area (Å²) in [6.45, 7) is 1.63. The van der Waals surface area contributed by atoms with Crippen LogP contribution < -0.4 is 16.2 Å². The number of nitrogens with one attached hydrogen (secondary N) is 4. The van der Waals surface area contributed by atoms with Gasteiger partial charge in [-0.3, -0.25) is 9.59 Å². The number of halogens is 3. The second-order valence-corrected chi connectivity index (χ2v) is 6.69. The topological polar surface area (TPSA) is 116 Å². The minimum atomic E-state index is -4.52. The fraction of sp³-hybridized carbons (Fsp3) is 0.333. The first kappa shape index (κ1) is 20.4. The number of carbonyl (C=O) groups excluding carboxylic acids is 1. The summed E-state index contributed by atoms with van der Waals surface area (Å²) in [7, 11) is 0. The number of aromatic nitrogens is 4. The number of alkyl halides is 3. The summed E-state index contributed by atoms with van der Waals surface area (Å²) in [5, 5.41) is 5.39. The van der Waals surface area contributed by atoms with Crippen molar-refractivity contribution in [2.45, 2.75) is 32.0 Å². The molecule has 0 aliphatic rings. The van der Waals surface area contributed by atoms with Gasteiger partial charge in [-0.25, -0.2) is 9.97 Å². The molecule has 1 atom stereocenters. The maximum Gasteiger partial charge on any atom is 0.405 e. The van der Waals surface area contributed by atoms with Gasteiger partial charge in [0.25, 0.3) is 5.56 Å².